The summed E-state index contributed by atoms with van der Waals surface area (Å²) < 4.78 is 6.39. The van der Waals surface area contributed by atoms with E-state index in [1.54, 1.807) is 7.11 Å². The van der Waals surface area contributed by atoms with E-state index in [1.807, 2.05) is 41.6 Å². The first-order valence-electron chi connectivity index (χ1n) is 10.5. The summed E-state index contributed by atoms with van der Waals surface area (Å²) in [6, 6.07) is 9.64. The number of aliphatic hydroxyl groups excluding tert-OH is 1. The van der Waals surface area contributed by atoms with E-state index in [2.05, 4.69) is 11.4 Å². The largest absolute Gasteiger partial charge is 0.493 e. The lowest BCUT2D eigenvalue weighted by molar-refractivity contribution is -0.122. The number of anilines is 1. The van der Waals surface area contributed by atoms with Gasteiger partial charge >= 0.3 is 0 Å². The third-order valence-corrected chi connectivity index (χ3v) is 6.99. The predicted molar refractivity (Wildman–Crippen MR) is 108 cm³/mol. The molecule has 2 heterocycles. The van der Waals surface area contributed by atoms with Crippen molar-refractivity contribution in [3.8, 4) is 0 Å². The van der Waals surface area contributed by atoms with Crippen molar-refractivity contribution in [3.63, 3.8) is 0 Å². The number of hydrogen-bond donors (Lipinski definition) is 2. The molecule has 2 aliphatic heterocycles. The number of ether oxygens (including phenoxy) is 1. The molecule has 1 saturated carbocycles. The number of benzene rings is 1. The van der Waals surface area contributed by atoms with E-state index in [0.29, 0.717) is 19.4 Å². The molecule has 1 amide bonds. The minimum Gasteiger partial charge on any atom is -0.493 e. The molecule has 0 saturated heterocycles. The Balaban J connectivity index is 1.46. The Morgan fingerprint density at radius 1 is 1.31 bits per heavy atom. The van der Waals surface area contributed by atoms with E-state index in [4.69, 9.17) is 9.57 Å². The molecule has 154 valence electrons. The highest BCUT2D eigenvalue weighted by Crippen LogP contribution is 2.59. The van der Waals surface area contributed by atoms with Crippen LogP contribution in [0.4, 0.5) is 5.69 Å². The van der Waals surface area contributed by atoms with Crippen molar-refractivity contribution >= 4 is 11.6 Å². The van der Waals surface area contributed by atoms with Crippen LogP contribution in [-0.4, -0.2) is 41.9 Å². The number of carbonyl (C=O) groups excluding carboxylic acids is 1. The zero-order valence-electron chi connectivity index (χ0n) is 16.7. The Morgan fingerprint density at radius 3 is 2.93 bits per heavy atom. The Hall–Kier alpha value is -2.31. The fraction of sp³-hybridized carbons (Fsp3) is 0.522. The van der Waals surface area contributed by atoms with Gasteiger partial charge in [-0.2, -0.15) is 0 Å². The molecule has 0 aromatic heterocycles. The molecular weight excluding hydrogens is 368 g/mol. The number of aliphatic hydroxyl groups is 1. The molecular formula is C23H28N2O4. The number of para-hydroxylation sites is 1. The average Bonchev–Trinajstić information content (AvgIpc) is 2.95. The number of amides is 1. The topological polar surface area (TPSA) is 71.0 Å². The first kappa shape index (κ1) is 18.7. The molecule has 1 fully saturated rings. The van der Waals surface area contributed by atoms with Crippen molar-refractivity contribution in [1.29, 1.82) is 0 Å². The monoisotopic (exact) mass is 396 g/mol. The molecule has 2 aliphatic carbocycles. The molecule has 0 bridgehead atoms. The predicted octanol–water partition coefficient (Wildman–Crippen LogP) is 3.23. The summed E-state index contributed by atoms with van der Waals surface area (Å²) in [7, 11) is 1.67. The highest BCUT2D eigenvalue weighted by molar-refractivity contribution is 5.92. The van der Waals surface area contributed by atoms with Crippen LogP contribution in [0.15, 0.2) is 53.9 Å². The Labute approximate surface area is 171 Å². The van der Waals surface area contributed by atoms with Crippen molar-refractivity contribution in [2.75, 3.05) is 19.0 Å². The van der Waals surface area contributed by atoms with Gasteiger partial charge in [0.1, 0.15) is 6.10 Å². The van der Waals surface area contributed by atoms with Gasteiger partial charge in [0.25, 0.3) is 0 Å². The minimum absolute atomic E-state index is 0.0362. The van der Waals surface area contributed by atoms with Crippen molar-refractivity contribution in [2.24, 2.45) is 17.3 Å². The molecule has 1 aromatic rings. The van der Waals surface area contributed by atoms with Crippen molar-refractivity contribution in [3.05, 3.63) is 53.9 Å². The zero-order chi connectivity index (χ0) is 20.0. The molecule has 4 aliphatic rings. The standard InChI is InChI=1S/C23H28N2O4/c1-28-25-10-9-23-13-15(22(27)24-17-5-3-2-4-6-17)7-8-20(23)29-19-12-18(26)11-16(14-25)21(19)23/h2-6,9-10,15-16,18,20,26H,7-8,11-14H2,1H3,(H,24,27)/t15?,16?,18-,20?,23?/m1/s1. The van der Waals surface area contributed by atoms with Crippen LogP contribution in [0, 0.1) is 17.3 Å². The number of rotatable bonds is 3. The second-order valence-electron chi connectivity index (χ2n) is 8.71. The first-order chi connectivity index (χ1) is 14.1. The molecule has 5 rings (SSSR count). The maximum atomic E-state index is 13.1. The maximum absolute atomic E-state index is 13.1. The van der Waals surface area contributed by atoms with Gasteiger partial charge in [0.05, 0.1) is 30.9 Å². The van der Waals surface area contributed by atoms with Gasteiger partial charge in [0.2, 0.25) is 5.91 Å². The summed E-state index contributed by atoms with van der Waals surface area (Å²) in [6.45, 7) is 0.696. The SMILES string of the molecule is CON1C=CC23CC(C(=O)Nc4ccccc4)CCC2OC2=C3C(C[C@@H](O)C2)C1. The third-order valence-electron chi connectivity index (χ3n) is 6.99. The van der Waals surface area contributed by atoms with Gasteiger partial charge in [0, 0.05) is 30.1 Å². The van der Waals surface area contributed by atoms with E-state index in [-0.39, 0.29) is 35.4 Å². The van der Waals surface area contributed by atoms with E-state index in [1.165, 1.54) is 5.57 Å². The Bertz CT molecular complexity index is 852. The van der Waals surface area contributed by atoms with Crippen LogP contribution in [0.2, 0.25) is 0 Å². The molecule has 6 heteroatoms. The second kappa shape index (κ2) is 7.18. The zero-order valence-corrected chi connectivity index (χ0v) is 16.7. The average molecular weight is 396 g/mol. The summed E-state index contributed by atoms with van der Waals surface area (Å²) in [6.07, 6.45) is 7.50. The first-order valence-corrected chi connectivity index (χ1v) is 10.5. The molecule has 29 heavy (non-hydrogen) atoms. The number of nitrogens with zero attached hydrogens (tertiary/aromatic N) is 1. The van der Waals surface area contributed by atoms with Gasteiger partial charge in [-0.1, -0.05) is 24.3 Å². The molecule has 6 nitrogen and oxygen atoms in total. The van der Waals surface area contributed by atoms with Gasteiger partial charge in [-0.25, -0.2) is 0 Å². The summed E-state index contributed by atoms with van der Waals surface area (Å²) >= 11 is 0. The van der Waals surface area contributed by atoms with Crippen molar-refractivity contribution in [1.82, 2.24) is 5.06 Å². The van der Waals surface area contributed by atoms with Crippen molar-refractivity contribution in [2.45, 2.75) is 44.3 Å². The highest BCUT2D eigenvalue weighted by Gasteiger charge is 2.57. The van der Waals surface area contributed by atoms with Crippen LogP contribution in [0.3, 0.4) is 0 Å². The van der Waals surface area contributed by atoms with Crippen LogP contribution in [0.1, 0.15) is 32.1 Å². The smallest absolute Gasteiger partial charge is 0.227 e. The lowest BCUT2D eigenvalue weighted by Crippen LogP contribution is -2.43. The number of carbonyl (C=O) groups is 1. The lowest BCUT2D eigenvalue weighted by atomic mass is 9.60. The van der Waals surface area contributed by atoms with E-state index in [9.17, 15) is 9.90 Å². The number of hydrogen-bond acceptors (Lipinski definition) is 5. The van der Waals surface area contributed by atoms with Crippen LogP contribution in [0.5, 0.6) is 0 Å². The van der Waals surface area contributed by atoms with Crippen molar-refractivity contribution < 1.29 is 19.5 Å². The number of hydroxylamine groups is 2. The molecule has 4 unspecified atom stereocenters. The summed E-state index contributed by atoms with van der Waals surface area (Å²) in [5.41, 5.74) is 1.84. The second-order valence-corrected chi connectivity index (χ2v) is 8.71. The summed E-state index contributed by atoms with van der Waals surface area (Å²) in [5.74, 6) is 1.12. The summed E-state index contributed by atoms with van der Waals surface area (Å²) in [4.78, 5) is 18.6. The molecule has 5 atom stereocenters. The molecule has 0 radical (unpaired) electrons. The van der Waals surface area contributed by atoms with E-state index in [0.717, 1.165) is 30.7 Å². The van der Waals surface area contributed by atoms with Crippen LogP contribution >= 0.6 is 0 Å². The maximum Gasteiger partial charge on any atom is 0.227 e. The fourth-order valence-electron chi connectivity index (χ4n) is 5.75. The van der Waals surface area contributed by atoms with Gasteiger partial charge in [-0.15, -0.1) is 0 Å². The van der Waals surface area contributed by atoms with Crippen LogP contribution in [0.25, 0.3) is 0 Å². The van der Waals surface area contributed by atoms with Gasteiger partial charge in [-0.3, -0.25) is 14.7 Å². The van der Waals surface area contributed by atoms with E-state index < -0.39 is 0 Å². The third kappa shape index (κ3) is 3.15. The lowest BCUT2D eigenvalue weighted by Gasteiger charge is -2.42. The van der Waals surface area contributed by atoms with E-state index >= 15 is 0 Å². The molecule has 2 N–H and O–H groups in total. The van der Waals surface area contributed by atoms with Gasteiger partial charge < -0.3 is 15.2 Å². The normalized spacial score (nSPS) is 35.4. The quantitative estimate of drug-likeness (QED) is 0.821. The Kier molecular flexibility index (Phi) is 4.63. The van der Waals surface area contributed by atoms with Gasteiger partial charge in [0.15, 0.2) is 0 Å². The number of nitrogens with one attached hydrogen (secondary N) is 1. The molecule has 1 spiro atoms. The van der Waals surface area contributed by atoms with Crippen LogP contribution < -0.4 is 5.32 Å². The Morgan fingerprint density at radius 2 is 2.14 bits per heavy atom. The fourth-order valence-corrected chi connectivity index (χ4v) is 5.75. The van der Waals surface area contributed by atoms with Gasteiger partial charge in [-0.05, 0) is 43.4 Å². The minimum atomic E-state index is -0.384. The summed E-state index contributed by atoms with van der Waals surface area (Å²) in [5, 5.41) is 15.3. The molecule has 1 aromatic carbocycles. The van der Waals surface area contributed by atoms with Crippen LogP contribution in [-0.2, 0) is 14.4 Å². The highest BCUT2D eigenvalue weighted by atomic mass is 16.7.